The van der Waals surface area contributed by atoms with Gasteiger partial charge in [-0.1, -0.05) is 24.3 Å². The van der Waals surface area contributed by atoms with E-state index < -0.39 is 6.10 Å². The Morgan fingerprint density at radius 2 is 2.10 bits per heavy atom. The van der Waals surface area contributed by atoms with Gasteiger partial charge in [-0.2, -0.15) is 0 Å². The smallest absolute Gasteiger partial charge is 0.267 e. The van der Waals surface area contributed by atoms with E-state index in [1.165, 1.54) is 0 Å². The van der Waals surface area contributed by atoms with Crippen molar-refractivity contribution in [2.75, 3.05) is 17.2 Å². The van der Waals surface area contributed by atoms with Crippen LogP contribution in [0.3, 0.4) is 0 Å². The second-order valence-corrected chi connectivity index (χ2v) is 4.84. The lowest BCUT2D eigenvalue weighted by Crippen LogP contribution is -2.41. The Morgan fingerprint density at radius 3 is 2.95 bits per heavy atom. The molecule has 3 rings (SSSR count). The number of fused-ring (bicyclic) bond motifs is 1. The van der Waals surface area contributed by atoms with Gasteiger partial charge in [0.15, 0.2) is 6.10 Å². The zero-order valence-electron chi connectivity index (χ0n) is 11.2. The maximum absolute atomic E-state index is 12.2. The number of aryl methyl sites for hydroxylation is 1. The van der Waals surface area contributed by atoms with Crippen LogP contribution in [0.5, 0.6) is 5.75 Å². The molecule has 0 radical (unpaired) electrons. The van der Waals surface area contributed by atoms with Crippen molar-refractivity contribution in [1.82, 2.24) is 0 Å². The van der Waals surface area contributed by atoms with Gasteiger partial charge in [0.25, 0.3) is 5.91 Å². The molecule has 1 amide bonds. The van der Waals surface area contributed by atoms with Gasteiger partial charge < -0.3 is 15.4 Å². The van der Waals surface area contributed by atoms with Crippen LogP contribution in [0.4, 0.5) is 11.4 Å². The van der Waals surface area contributed by atoms with Gasteiger partial charge in [-0.25, -0.2) is 0 Å². The van der Waals surface area contributed by atoms with Gasteiger partial charge in [0.1, 0.15) is 5.75 Å². The summed E-state index contributed by atoms with van der Waals surface area (Å²) in [5.41, 5.74) is 2.82. The number of carbonyl (C=O) groups excluding carboxylic acids is 1. The van der Waals surface area contributed by atoms with E-state index in [4.69, 9.17) is 4.74 Å². The third-order valence-corrected chi connectivity index (χ3v) is 3.21. The van der Waals surface area contributed by atoms with Gasteiger partial charge in [0.05, 0.1) is 12.2 Å². The van der Waals surface area contributed by atoms with E-state index >= 15 is 0 Å². The third-order valence-electron chi connectivity index (χ3n) is 3.21. The van der Waals surface area contributed by atoms with Crippen LogP contribution >= 0.6 is 0 Å². The average Bonchev–Trinajstić information content (AvgIpc) is 2.47. The Balaban J connectivity index is 1.70. The van der Waals surface area contributed by atoms with Gasteiger partial charge in [-0.05, 0) is 36.8 Å². The standard InChI is InChI=1S/C16H16N2O2/c1-11-5-4-6-12(9-11)18-16(19)15-10-17-13-7-2-3-8-14(13)20-15/h2-9,15,17H,10H2,1H3,(H,18,19). The highest BCUT2D eigenvalue weighted by molar-refractivity contribution is 5.95. The molecule has 2 N–H and O–H groups in total. The van der Waals surface area contributed by atoms with Gasteiger partial charge >= 0.3 is 0 Å². The summed E-state index contributed by atoms with van der Waals surface area (Å²) in [5, 5.41) is 6.08. The summed E-state index contributed by atoms with van der Waals surface area (Å²) < 4.78 is 5.72. The number of anilines is 2. The largest absolute Gasteiger partial charge is 0.477 e. The summed E-state index contributed by atoms with van der Waals surface area (Å²) in [6.07, 6.45) is -0.523. The molecule has 4 nitrogen and oxygen atoms in total. The van der Waals surface area contributed by atoms with Crippen molar-refractivity contribution in [1.29, 1.82) is 0 Å². The second-order valence-electron chi connectivity index (χ2n) is 4.84. The molecule has 2 aromatic carbocycles. The molecule has 0 bridgehead atoms. The minimum atomic E-state index is -0.523. The first-order chi connectivity index (χ1) is 9.72. The lowest BCUT2D eigenvalue weighted by molar-refractivity contribution is -0.122. The van der Waals surface area contributed by atoms with E-state index in [0.717, 1.165) is 16.9 Å². The van der Waals surface area contributed by atoms with Crippen molar-refractivity contribution in [2.45, 2.75) is 13.0 Å². The summed E-state index contributed by atoms with van der Waals surface area (Å²) in [6.45, 7) is 2.46. The Labute approximate surface area is 117 Å². The molecule has 0 aromatic heterocycles. The molecule has 2 aromatic rings. The highest BCUT2D eigenvalue weighted by Crippen LogP contribution is 2.28. The summed E-state index contributed by atoms with van der Waals surface area (Å²) in [6, 6.07) is 15.3. The summed E-state index contributed by atoms with van der Waals surface area (Å²) in [5.74, 6) is 0.570. The molecule has 102 valence electrons. The molecule has 1 aliphatic rings. The van der Waals surface area contributed by atoms with Crippen molar-refractivity contribution in [3.63, 3.8) is 0 Å². The van der Waals surface area contributed by atoms with E-state index in [-0.39, 0.29) is 5.91 Å². The highest BCUT2D eigenvalue weighted by atomic mass is 16.5. The minimum Gasteiger partial charge on any atom is -0.477 e. The lowest BCUT2D eigenvalue weighted by Gasteiger charge is -2.26. The predicted molar refractivity (Wildman–Crippen MR) is 79.2 cm³/mol. The number of rotatable bonds is 2. The first kappa shape index (κ1) is 12.5. The molecule has 0 fully saturated rings. The van der Waals surface area contributed by atoms with Crippen LogP contribution in [0.1, 0.15) is 5.56 Å². The quantitative estimate of drug-likeness (QED) is 0.880. The van der Waals surface area contributed by atoms with E-state index in [1.807, 2.05) is 55.5 Å². The predicted octanol–water partition coefficient (Wildman–Crippen LogP) is 2.81. The van der Waals surface area contributed by atoms with Crippen LogP contribution < -0.4 is 15.4 Å². The fraction of sp³-hybridized carbons (Fsp3) is 0.188. The molecule has 0 saturated carbocycles. The molecule has 1 heterocycles. The van der Waals surface area contributed by atoms with Crippen LogP contribution in [0.25, 0.3) is 0 Å². The Kier molecular flexibility index (Phi) is 3.29. The van der Waals surface area contributed by atoms with Crippen LogP contribution in [-0.2, 0) is 4.79 Å². The maximum Gasteiger partial charge on any atom is 0.267 e. The third kappa shape index (κ3) is 2.59. The minimum absolute atomic E-state index is 0.141. The SMILES string of the molecule is Cc1cccc(NC(=O)C2CNc3ccccc3O2)c1. The molecule has 0 saturated heterocycles. The Morgan fingerprint density at radius 1 is 1.25 bits per heavy atom. The van der Waals surface area contributed by atoms with Crippen LogP contribution in [0.15, 0.2) is 48.5 Å². The lowest BCUT2D eigenvalue weighted by atomic mass is 10.2. The van der Waals surface area contributed by atoms with Crippen molar-refractivity contribution < 1.29 is 9.53 Å². The van der Waals surface area contributed by atoms with Crippen molar-refractivity contribution in [2.24, 2.45) is 0 Å². The fourth-order valence-corrected chi connectivity index (χ4v) is 2.20. The highest BCUT2D eigenvalue weighted by Gasteiger charge is 2.25. The molecule has 0 aliphatic carbocycles. The zero-order chi connectivity index (χ0) is 13.9. The van der Waals surface area contributed by atoms with Crippen molar-refractivity contribution in [3.8, 4) is 5.75 Å². The second kappa shape index (κ2) is 5.25. The molecular formula is C16H16N2O2. The average molecular weight is 268 g/mol. The summed E-state index contributed by atoms with van der Waals surface area (Å²) >= 11 is 0. The molecule has 1 unspecified atom stereocenters. The van der Waals surface area contributed by atoms with Crippen molar-refractivity contribution in [3.05, 3.63) is 54.1 Å². The number of ether oxygens (including phenoxy) is 1. The van der Waals surface area contributed by atoms with E-state index in [2.05, 4.69) is 10.6 Å². The molecule has 0 spiro atoms. The zero-order valence-corrected chi connectivity index (χ0v) is 11.2. The van der Waals surface area contributed by atoms with E-state index in [9.17, 15) is 4.79 Å². The number of carbonyl (C=O) groups is 1. The van der Waals surface area contributed by atoms with Crippen molar-refractivity contribution >= 4 is 17.3 Å². The van der Waals surface area contributed by atoms with Crippen LogP contribution in [0, 0.1) is 6.92 Å². The molecule has 1 aliphatic heterocycles. The van der Waals surface area contributed by atoms with Crippen LogP contribution in [-0.4, -0.2) is 18.6 Å². The molecule has 1 atom stereocenters. The van der Waals surface area contributed by atoms with Gasteiger partial charge in [-0.15, -0.1) is 0 Å². The molecule has 20 heavy (non-hydrogen) atoms. The molecule has 4 heteroatoms. The topological polar surface area (TPSA) is 50.4 Å². The Bertz CT molecular complexity index is 640. The normalized spacial score (nSPS) is 16.6. The first-order valence-corrected chi connectivity index (χ1v) is 6.59. The Hall–Kier alpha value is -2.49. The number of benzene rings is 2. The monoisotopic (exact) mass is 268 g/mol. The maximum atomic E-state index is 12.2. The number of hydrogen-bond donors (Lipinski definition) is 2. The molecular weight excluding hydrogens is 252 g/mol. The number of para-hydroxylation sites is 2. The van der Waals surface area contributed by atoms with Crippen LogP contribution in [0.2, 0.25) is 0 Å². The van der Waals surface area contributed by atoms with E-state index in [0.29, 0.717) is 12.3 Å². The number of hydrogen-bond acceptors (Lipinski definition) is 3. The summed E-state index contributed by atoms with van der Waals surface area (Å²) in [4.78, 5) is 12.2. The van der Waals surface area contributed by atoms with Gasteiger partial charge in [-0.3, -0.25) is 4.79 Å². The fourth-order valence-electron chi connectivity index (χ4n) is 2.20. The van der Waals surface area contributed by atoms with Gasteiger partial charge in [0, 0.05) is 5.69 Å². The van der Waals surface area contributed by atoms with Gasteiger partial charge in [0.2, 0.25) is 0 Å². The summed E-state index contributed by atoms with van der Waals surface area (Å²) in [7, 11) is 0. The van der Waals surface area contributed by atoms with E-state index in [1.54, 1.807) is 0 Å². The number of nitrogens with one attached hydrogen (secondary N) is 2. The number of amides is 1. The first-order valence-electron chi connectivity index (χ1n) is 6.59.